The molecule has 8 nitrogen and oxygen atoms in total. The fourth-order valence-corrected chi connectivity index (χ4v) is 5.51. The van der Waals surface area contributed by atoms with Crippen molar-refractivity contribution in [2.45, 2.75) is 45.7 Å². The van der Waals surface area contributed by atoms with E-state index in [1.54, 1.807) is 37.4 Å². The summed E-state index contributed by atoms with van der Waals surface area (Å²) in [5.74, 6) is -0.167. The van der Waals surface area contributed by atoms with Crippen LogP contribution in [0.5, 0.6) is 5.75 Å². The highest BCUT2D eigenvalue weighted by atomic mass is 79.9. The van der Waals surface area contributed by atoms with Gasteiger partial charge in [-0.15, -0.1) is 0 Å². The zero-order valence-corrected chi connectivity index (χ0v) is 26.4. The van der Waals surface area contributed by atoms with Crippen molar-refractivity contribution in [3.63, 3.8) is 0 Å². The first-order valence-corrected chi connectivity index (χ1v) is 16.2. The largest absolute Gasteiger partial charge is 0.497 e. The van der Waals surface area contributed by atoms with Crippen LogP contribution in [0.3, 0.4) is 0 Å². The Hall–Kier alpha value is -3.37. The van der Waals surface area contributed by atoms with E-state index in [-0.39, 0.29) is 18.9 Å². The van der Waals surface area contributed by atoms with Gasteiger partial charge in [-0.25, -0.2) is 8.42 Å². The van der Waals surface area contributed by atoms with Crippen LogP contribution in [-0.4, -0.2) is 57.6 Å². The van der Waals surface area contributed by atoms with Crippen molar-refractivity contribution in [2.75, 3.05) is 30.8 Å². The van der Waals surface area contributed by atoms with Gasteiger partial charge in [-0.3, -0.25) is 13.9 Å². The normalized spacial score (nSPS) is 11.9. The fraction of sp³-hybridized carbons (Fsp3) is 0.355. The Balaban J connectivity index is 2.06. The van der Waals surface area contributed by atoms with Crippen LogP contribution in [0, 0.1) is 6.92 Å². The van der Waals surface area contributed by atoms with Gasteiger partial charge in [0.1, 0.15) is 18.3 Å². The van der Waals surface area contributed by atoms with E-state index >= 15 is 0 Å². The molecule has 0 fully saturated rings. The zero-order valence-electron chi connectivity index (χ0n) is 24.0. The van der Waals surface area contributed by atoms with Gasteiger partial charge in [0, 0.05) is 24.0 Å². The van der Waals surface area contributed by atoms with Crippen molar-refractivity contribution < 1.29 is 22.7 Å². The number of carbonyl (C=O) groups excluding carboxylic acids is 2. The lowest BCUT2D eigenvalue weighted by Gasteiger charge is -2.33. The van der Waals surface area contributed by atoms with Crippen LogP contribution < -0.4 is 14.4 Å². The summed E-state index contributed by atoms with van der Waals surface area (Å²) < 4.78 is 33.2. The first-order valence-electron chi connectivity index (χ1n) is 13.5. The van der Waals surface area contributed by atoms with E-state index in [9.17, 15) is 18.0 Å². The maximum absolute atomic E-state index is 14.1. The molecule has 1 N–H and O–H groups in total. The van der Waals surface area contributed by atoms with E-state index in [2.05, 4.69) is 21.2 Å². The molecule has 0 bridgehead atoms. The number of anilines is 1. The molecule has 3 rings (SSSR count). The van der Waals surface area contributed by atoms with Gasteiger partial charge in [-0.2, -0.15) is 0 Å². The average Bonchev–Trinajstić information content (AvgIpc) is 2.95. The maximum atomic E-state index is 14.1. The van der Waals surface area contributed by atoms with Crippen LogP contribution in [0.15, 0.2) is 77.3 Å². The van der Waals surface area contributed by atoms with E-state index in [0.717, 1.165) is 44.6 Å². The van der Waals surface area contributed by atoms with Gasteiger partial charge >= 0.3 is 0 Å². The summed E-state index contributed by atoms with van der Waals surface area (Å²) in [5.41, 5.74) is 2.83. The molecule has 0 saturated heterocycles. The lowest BCUT2D eigenvalue weighted by atomic mass is 10.0. The number of rotatable bonds is 14. The Labute approximate surface area is 251 Å². The SMILES string of the molecule is CCCCNC(=O)[C@H](Cc1ccccc1)N(Cc1cccc(OC)c1)C(=O)CN(c1ccc(Br)c(C)c1)S(C)(=O)=O. The summed E-state index contributed by atoms with van der Waals surface area (Å²) in [5, 5.41) is 2.98. The molecule has 0 unspecified atom stereocenters. The summed E-state index contributed by atoms with van der Waals surface area (Å²) in [6.07, 6.45) is 3.05. The number of amides is 2. The molecule has 0 spiro atoms. The van der Waals surface area contributed by atoms with Gasteiger partial charge in [-0.1, -0.05) is 71.7 Å². The summed E-state index contributed by atoms with van der Waals surface area (Å²) in [7, 11) is -2.27. The molecule has 3 aromatic rings. The smallest absolute Gasteiger partial charge is 0.244 e. The minimum atomic E-state index is -3.83. The fourth-order valence-electron chi connectivity index (χ4n) is 4.43. The second-order valence-corrected chi connectivity index (χ2v) is 12.7. The second-order valence-electron chi connectivity index (χ2n) is 9.93. The molecule has 0 aliphatic heterocycles. The lowest BCUT2D eigenvalue weighted by molar-refractivity contribution is -0.140. The van der Waals surface area contributed by atoms with Crippen LogP contribution >= 0.6 is 15.9 Å². The van der Waals surface area contributed by atoms with Gasteiger partial charge in [0.2, 0.25) is 21.8 Å². The van der Waals surface area contributed by atoms with Gasteiger partial charge in [0.25, 0.3) is 0 Å². The van der Waals surface area contributed by atoms with Crippen molar-refractivity contribution in [3.8, 4) is 5.75 Å². The number of methoxy groups -OCH3 is 1. The van der Waals surface area contributed by atoms with Crippen molar-refractivity contribution in [2.24, 2.45) is 0 Å². The van der Waals surface area contributed by atoms with Gasteiger partial charge < -0.3 is 15.0 Å². The van der Waals surface area contributed by atoms with Crippen molar-refractivity contribution in [1.29, 1.82) is 0 Å². The number of hydrogen-bond donors (Lipinski definition) is 1. The van der Waals surface area contributed by atoms with Crippen LogP contribution in [0.25, 0.3) is 0 Å². The predicted octanol–water partition coefficient (Wildman–Crippen LogP) is 5.09. The topological polar surface area (TPSA) is 96.0 Å². The van der Waals surface area contributed by atoms with Crippen molar-refractivity contribution in [3.05, 3.63) is 94.0 Å². The number of carbonyl (C=O) groups is 2. The first kappa shape index (κ1) is 32.1. The number of nitrogens with one attached hydrogen (secondary N) is 1. The number of halogens is 1. The lowest BCUT2D eigenvalue weighted by Crippen LogP contribution is -2.53. The molecule has 0 aliphatic carbocycles. The molecule has 10 heteroatoms. The van der Waals surface area contributed by atoms with Gasteiger partial charge in [-0.05, 0) is 60.4 Å². The Morgan fingerprint density at radius 3 is 2.34 bits per heavy atom. The molecular formula is C31H38BrN3O5S. The highest BCUT2D eigenvalue weighted by molar-refractivity contribution is 9.10. The monoisotopic (exact) mass is 643 g/mol. The zero-order chi connectivity index (χ0) is 30.0. The highest BCUT2D eigenvalue weighted by Gasteiger charge is 2.33. The number of sulfonamides is 1. The molecule has 0 radical (unpaired) electrons. The van der Waals surface area contributed by atoms with Crippen LogP contribution in [0.1, 0.15) is 36.5 Å². The molecule has 0 aliphatic rings. The molecule has 0 heterocycles. The number of hydrogen-bond acceptors (Lipinski definition) is 5. The second kappa shape index (κ2) is 15.0. The van der Waals surface area contributed by atoms with Gasteiger partial charge in [0.15, 0.2) is 0 Å². The van der Waals surface area contributed by atoms with E-state index in [4.69, 9.17) is 4.74 Å². The summed E-state index contributed by atoms with van der Waals surface area (Å²) in [4.78, 5) is 29.3. The third-order valence-electron chi connectivity index (χ3n) is 6.70. The van der Waals surface area contributed by atoms with Crippen LogP contribution in [-0.2, 0) is 32.6 Å². The number of aryl methyl sites for hydroxylation is 1. The summed E-state index contributed by atoms with van der Waals surface area (Å²) >= 11 is 3.45. The third-order valence-corrected chi connectivity index (χ3v) is 8.73. The Bertz CT molecular complexity index is 1430. The molecule has 0 saturated carbocycles. The minimum absolute atomic E-state index is 0.0890. The van der Waals surface area contributed by atoms with E-state index in [0.29, 0.717) is 18.0 Å². The van der Waals surface area contributed by atoms with Gasteiger partial charge in [0.05, 0.1) is 19.1 Å². The maximum Gasteiger partial charge on any atom is 0.244 e. The molecule has 41 heavy (non-hydrogen) atoms. The Kier molecular flexibility index (Phi) is 11.8. The van der Waals surface area contributed by atoms with Crippen LogP contribution in [0.4, 0.5) is 5.69 Å². The average molecular weight is 645 g/mol. The summed E-state index contributed by atoms with van der Waals surface area (Å²) in [6, 6.07) is 21.0. The van der Waals surface area contributed by atoms with Crippen molar-refractivity contribution in [1.82, 2.24) is 10.2 Å². The summed E-state index contributed by atoms with van der Waals surface area (Å²) in [6.45, 7) is 4.00. The molecule has 2 amide bonds. The first-order chi connectivity index (χ1) is 19.5. The molecule has 0 aromatic heterocycles. The minimum Gasteiger partial charge on any atom is -0.497 e. The van der Waals surface area contributed by atoms with E-state index < -0.39 is 28.5 Å². The predicted molar refractivity (Wildman–Crippen MR) is 166 cm³/mol. The van der Waals surface area contributed by atoms with Crippen molar-refractivity contribution >= 4 is 43.5 Å². The Morgan fingerprint density at radius 1 is 1.00 bits per heavy atom. The van der Waals surface area contributed by atoms with E-state index in [1.807, 2.05) is 56.3 Å². The van der Waals surface area contributed by atoms with Crippen LogP contribution in [0.2, 0.25) is 0 Å². The number of nitrogens with zero attached hydrogens (tertiary/aromatic N) is 2. The molecule has 220 valence electrons. The third kappa shape index (κ3) is 9.33. The molecular weight excluding hydrogens is 606 g/mol. The number of ether oxygens (including phenoxy) is 1. The Morgan fingerprint density at radius 2 is 1.71 bits per heavy atom. The quantitative estimate of drug-likeness (QED) is 0.247. The molecule has 1 atom stereocenters. The standard InChI is InChI=1S/C31H38BrN3O5S/c1-5-6-17-33-31(37)29(20-24-11-8-7-9-12-24)34(21-25-13-10-14-27(19-25)40-3)30(36)22-35(41(4,38)39)26-15-16-28(32)23(2)18-26/h7-16,18-19,29H,5-6,17,20-22H2,1-4H3,(H,33,37)/t29-/m0/s1. The number of unbranched alkanes of at least 4 members (excludes halogenated alkanes) is 1. The highest BCUT2D eigenvalue weighted by Crippen LogP contribution is 2.26. The number of benzene rings is 3. The molecule has 3 aromatic carbocycles. The van der Waals surface area contributed by atoms with E-state index in [1.165, 1.54) is 4.90 Å².